The Balaban J connectivity index is 2.80. The third kappa shape index (κ3) is 4.05. The van der Waals surface area contributed by atoms with E-state index in [0.717, 1.165) is 18.8 Å². The third-order valence-corrected chi connectivity index (χ3v) is 3.70. The number of hydrogen-bond acceptors (Lipinski definition) is 7. The first-order valence-corrected chi connectivity index (χ1v) is 9.71. The predicted molar refractivity (Wildman–Crippen MR) is 82.6 cm³/mol. The number of rotatable bonds is 4. The molecule has 0 spiro atoms. The van der Waals surface area contributed by atoms with Gasteiger partial charge in [-0.05, 0) is 17.5 Å². The van der Waals surface area contributed by atoms with Crippen LogP contribution >= 0.6 is 15.4 Å². The maximum absolute atomic E-state index is 12.4. The SMILES string of the molecule is CP(=O)(O)Oc1cccc2cc(OP(=O)(O)O)c(O)c(O)c2c1=O. The maximum atomic E-state index is 12.4. The van der Waals surface area contributed by atoms with Gasteiger partial charge in [0.25, 0.3) is 0 Å². The first kappa shape index (κ1) is 18.3. The number of hydrogen-bond donors (Lipinski definition) is 5. The fourth-order valence-electron chi connectivity index (χ4n) is 1.91. The molecule has 5 N–H and O–H groups in total. The molecular formula is C12H12O10P2. The summed E-state index contributed by atoms with van der Waals surface area (Å²) in [4.78, 5) is 39.2. The molecule has 0 aliphatic heterocycles. The lowest BCUT2D eigenvalue weighted by atomic mass is 10.1. The van der Waals surface area contributed by atoms with E-state index in [0.29, 0.717) is 0 Å². The Kier molecular flexibility index (Phi) is 4.63. The topological polar surface area (TPSA) is 171 Å². The maximum Gasteiger partial charge on any atom is 0.524 e. The fraction of sp³-hybridized carbons (Fsp3) is 0.0833. The molecule has 0 amide bonds. The minimum Gasteiger partial charge on any atom is -0.504 e. The number of phenols is 2. The van der Waals surface area contributed by atoms with Crippen LogP contribution in [0.1, 0.15) is 0 Å². The molecule has 130 valence electrons. The quantitative estimate of drug-likeness (QED) is 0.385. The van der Waals surface area contributed by atoms with Crippen molar-refractivity contribution in [1.29, 1.82) is 0 Å². The summed E-state index contributed by atoms with van der Waals surface area (Å²) < 4.78 is 31.1. The molecule has 12 heteroatoms. The Hall–Kier alpha value is -2.09. The van der Waals surface area contributed by atoms with E-state index in [2.05, 4.69) is 9.05 Å². The lowest BCUT2D eigenvalue weighted by Gasteiger charge is -2.11. The zero-order chi connectivity index (χ0) is 18.3. The van der Waals surface area contributed by atoms with E-state index < -0.39 is 49.2 Å². The molecule has 0 aromatic heterocycles. The summed E-state index contributed by atoms with van der Waals surface area (Å²) in [5.41, 5.74) is -1.01. The second-order valence-corrected chi connectivity index (χ2v) is 7.68. The average molecular weight is 378 g/mol. The van der Waals surface area contributed by atoms with Crippen molar-refractivity contribution in [2.75, 3.05) is 6.66 Å². The van der Waals surface area contributed by atoms with Crippen LogP contribution in [-0.4, -0.2) is 31.6 Å². The normalized spacial score (nSPS) is 14.2. The molecule has 0 aliphatic rings. The summed E-state index contributed by atoms with van der Waals surface area (Å²) in [5.74, 6) is -3.41. The van der Waals surface area contributed by atoms with Gasteiger partial charge in [-0.2, -0.15) is 0 Å². The van der Waals surface area contributed by atoms with Gasteiger partial charge in [0, 0.05) is 6.66 Å². The van der Waals surface area contributed by atoms with Gasteiger partial charge in [-0.1, -0.05) is 12.1 Å². The lowest BCUT2D eigenvalue weighted by molar-refractivity contribution is 0.276. The minimum atomic E-state index is -5.02. The molecule has 0 fully saturated rings. The highest BCUT2D eigenvalue weighted by Gasteiger charge is 2.24. The van der Waals surface area contributed by atoms with Gasteiger partial charge in [-0.25, -0.2) is 9.13 Å². The van der Waals surface area contributed by atoms with E-state index in [4.69, 9.17) is 9.79 Å². The van der Waals surface area contributed by atoms with Crippen LogP contribution in [0.4, 0.5) is 0 Å². The van der Waals surface area contributed by atoms with Crippen molar-refractivity contribution in [1.82, 2.24) is 0 Å². The van der Waals surface area contributed by atoms with Crippen molar-refractivity contribution >= 4 is 26.2 Å². The summed E-state index contributed by atoms with van der Waals surface area (Å²) in [6.07, 6.45) is 0. The minimum absolute atomic E-state index is 0.0579. The molecule has 1 atom stereocenters. The van der Waals surface area contributed by atoms with Gasteiger partial charge in [0.05, 0.1) is 5.39 Å². The molecule has 0 saturated heterocycles. The van der Waals surface area contributed by atoms with Gasteiger partial charge in [0.15, 0.2) is 17.2 Å². The Bertz CT molecular complexity index is 958. The molecule has 0 bridgehead atoms. The highest BCUT2D eigenvalue weighted by Crippen LogP contribution is 2.47. The molecule has 2 aromatic rings. The van der Waals surface area contributed by atoms with Crippen LogP contribution in [0, 0.1) is 0 Å². The smallest absolute Gasteiger partial charge is 0.504 e. The Labute approximate surface area is 134 Å². The van der Waals surface area contributed by atoms with E-state index in [1.807, 2.05) is 0 Å². The lowest BCUT2D eigenvalue weighted by Crippen LogP contribution is -2.04. The van der Waals surface area contributed by atoms with Crippen LogP contribution in [0.2, 0.25) is 0 Å². The molecule has 0 radical (unpaired) electrons. The molecule has 0 aliphatic carbocycles. The molecule has 0 saturated carbocycles. The molecule has 2 rings (SSSR count). The van der Waals surface area contributed by atoms with E-state index in [1.165, 1.54) is 12.1 Å². The number of benzene rings is 1. The van der Waals surface area contributed by atoms with Crippen molar-refractivity contribution in [3.63, 3.8) is 0 Å². The van der Waals surface area contributed by atoms with E-state index >= 15 is 0 Å². The second kappa shape index (κ2) is 6.08. The number of phosphoric ester groups is 1. The second-order valence-electron chi connectivity index (χ2n) is 4.73. The number of phosphoric acid groups is 1. The molecule has 1 unspecified atom stereocenters. The highest BCUT2D eigenvalue weighted by molar-refractivity contribution is 7.52. The fourth-order valence-corrected chi connectivity index (χ4v) is 2.82. The first-order valence-electron chi connectivity index (χ1n) is 6.16. The molecule has 24 heavy (non-hydrogen) atoms. The summed E-state index contributed by atoms with van der Waals surface area (Å²) >= 11 is 0. The van der Waals surface area contributed by atoms with Gasteiger partial charge < -0.3 is 24.2 Å². The predicted octanol–water partition coefficient (Wildman–Crippen LogP) is 1.28. The van der Waals surface area contributed by atoms with Crippen LogP contribution in [0.5, 0.6) is 23.0 Å². The monoisotopic (exact) mass is 378 g/mol. The van der Waals surface area contributed by atoms with Crippen LogP contribution in [0.25, 0.3) is 10.8 Å². The van der Waals surface area contributed by atoms with Crippen molar-refractivity contribution in [2.45, 2.75) is 0 Å². The van der Waals surface area contributed by atoms with Gasteiger partial charge in [0.1, 0.15) is 0 Å². The Morgan fingerprint density at radius 1 is 0.958 bits per heavy atom. The van der Waals surface area contributed by atoms with Crippen molar-refractivity contribution < 1.29 is 43.1 Å². The number of fused-ring (bicyclic) bond motifs is 1. The van der Waals surface area contributed by atoms with Crippen LogP contribution in [-0.2, 0) is 9.13 Å². The summed E-state index contributed by atoms with van der Waals surface area (Å²) in [6.45, 7) is 0.852. The van der Waals surface area contributed by atoms with Crippen LogP contribution in [0.15, 0.2) is 29.1 Å². The van der Waals surface area contributed by atoms with Crippen LogP contribution < -0.4 is 14.5 Å². The third-order valence-electron chi connectivity index (χ3n) is 2.73. The standard InChI is InChI=1S/C12H12O10P2/c1-23(16,17)21-7-4-2-3-6-5-8(22-24(18,19)20)11(14)12(15)9(6)10(7)13/h2-5,14-15H,1H3,(H,16,17)(H2,18,19,20). The van der Waals surface area contributed by atoms with Crippen molar-refractivity contribution in [3.8, 4) is 23.0 Å². The highest BCUT2D eigenvalue weighted by atomic mass is 31.2. The summed E-state index contributed by atoms with van der Waals surface area (Å²) in [5, 5.41) is 19.2. The summed E-state index contributed by atoms with van der Waals surface area (Å²) in [6, 6.07) is 4.47. The zero-order valence-electron chi connectivity index (χ0n) is 12.0. The molecular weight excluding hydrogens is 366 g/mol. The van der Waals surface area contributed by atoms with Gasteiger partial charge >= 0.3 is 15.4 Å². The first-order chi connectivity index (χ1) is 10.9. The zero-order valence-corrected chi connectivity index (χ0v) is 13.8. The van der Waals surface area contributed by atoms with Crippen molar-refractivity contribution in [2.24, 2.45) is 0 Å². The number of aromatic hydroxyl groups is 2. The van der Waals surface area contributed by atoms with Crippen LogP contribution in [0.3, 0.4) is 0 Å². The largest absolute Gasteiger partial charge is 0.524 e. The van der Waals surface area contributed by atoms with E-state index in [1.54, 1.807) is 0 Å². The van der Waals surface area contributed by atoms with Gasteiger partial charge in [-0.3, -0.25) is 14.6 Å². The summed E-state index contributed by atoms with van der Waals surface area (Å²) in [7, 11) is -9.09. The molecule has 10 nitrogen and oxygen atoms in total. The van der Waals surface area contributed by atoms with E-state index in [9.17, 15) is 29.0 Å². The van der Waals surface area contributed by atoms with Gasteiger partial charge in [-0.15, -0.1) is 0 Å². The van der Waals surface area contributed by atoms with Gasteiger partial charge in [0.2, 0.25) is 11.2 Å². The Morgan fingerprint density at radius 2 is 1.58 bits per heavy atom. The molecule has 0 heterocycles. The Morgan fingerprint density at radius 3 is 2.12 bits per heavy atom. The van der Waals surface area contributed by atoms with E-state index in [-0.39, 0.29) is 5.39 Å². The molecule has 2 aromatic carbocycles. The average Bonchev–Trinajstić information content (AvgIpc) is 2.53. The van der Waals surface area contributed by atoms with Crippen molar-refractivity contribution in [3.05, 3.63) is 34.5 Å². The number of phenolic OH excluding ortho intramolecular Hbond substituents is 2.